The summed E-state index contributed by atoms with van der Waals surface area (Å²) in [4.78, 5) is 11.9. The van der Waals surface area contributed by atoms with Crippen LogP contribution in [0.1, 0.15) is 31.2 Å². The third kappa shape index (κ3) is 4.24. The van der Waals surface area contributed by atoms with E-state index in [4.69, 9.17) is 9.47 Å². The van der Waals surface area contributed by atoms with Crippen LogP contribution in [0.25, 0.3) is 0 Å². The van der Waals surface area contributed by atoms with Gasteiger partial charge in [-0.2, -0.15) is 0 Å². The topological polar surface area (TPSA) is 47.6 Å². The fourth-order valence-electron chi connectivity index (χ4n) is 2.29. The number of ether oxygens (including phenoxy) is 2. The van der Waals surface area contributed by atoms with Crippen molar-refractivity contribution in [2.45, 2.75) is 38.3 Å². The molecule has 1 aromatic rings. The maximum absolute atomic E-state index is 11.9. The smallest absolute Gasteiger partial charge is 0.222 e. The summed E-state index contributed by atoms with van der Waals surface area (Å²) in [6, 6.07) is 7.70. The van der Waals surface area contributed by atoms with E-state index >= 15 is 0 Å². The van der Waals surface area contributed by atoms with Gasteiger partial charge in [0.2, 0.25) is 5.91 Å². The largest absolute Gasteiger partial charge is 0.496 e. The Bertz CT molecular complexity index is 414. The Balaban J connectivity index is 1.79. The summed E-state index contributed by atoms with van der Waals surface area (Å²) in [5.41, 5.74) is 0.989. The average Bonchev–Trinajstić information content (AvgIpc) is 2.46. The highest BCUT2D eigenvalue weighted by molar-refractivity contribution is 5.76. The van der Waals surface area contributed by atoms with Crippen molar-refractivity contribution in [3.05, 3.63) is 29.8 Å². The predicted octanol–water partition coefficient (Wildman–Crippen LogP) is 2.27. The van der Waals surface area contributed by atoms with Crippen LogP contribution in [0.2, 0.25) is 0 Å². The first-order valence-electron chi connectivity index (χ1n) is 6.80. The zero-order valence-electron chi connectivity index (χ0n) is 11.4. The van der Waals surface area contributed by atoms with Gasteiger partial charge >= 0.3 is 0 Å². The van der Waals surface area contributed by atoms with Gasteiger partial charge in [-0.15, -0.1) is 0 Å². The molecule has 4 heteroatoms. The van der Waals surface area contributed by atoms with Crippen LogP contribution >= 0.6 is 0 Å². The molecular formula is C15H21NO3. The molecular weight excluding hydrogens is 242 g/mol. The molecule has 4 nitrogen and oxygen atoms in total. The first-order valence-corrected chi connectivity index (χ1v) is 6.80. The van der Waals surface area contributed by atoms with Crippen molar-refractivity contribution in [3.8, 4) is 5.75 Å². The van der Waals surface area contributed by atoms with E-state index in [0.717, 1.165) is 37.2 Å². The molecule has 1 aliphatic heterocycles. The zero-order chi connectivity index (χ0) is 13.5. The lowest BCUT2D eigenvalue weighted by atomic mass is 10.1. The molecule has 1 N–H and O–H groups in total. The lowest BCUT2D eigenvalue weighted by molar-refractivity contribution is -0.125. The third-order valence-corrected chi connectivity index (χ3v) is 3.36. The fourth-order valence-corrected chi connectivity index (χ4v) is 2.29. The summed E-state index contributed by atoms with van der Waals surface area (Å²) in [5, 5.41) is 2.92. The predicted molar refractivity (Wildman–Crippen MR) is 73.0 cm³/mol. The number of hydrogen-bond acceptors (Lipinski definition) is 3. The van der Waals surface area contributed by atoms with Crippen LogP contribution in [0, 0.1) is 0 Å². The number of benzene rings is 1. The van der Waals surface area contributed by atoms with E-state index in [0.29, 0.717) is 13.0 Å². The monoisotopic (exact) mass is 263 g/mol. The number of hydrogen-bond donors (Lipinski definition) is 1. The third-order valence-electron chi connectivity index (χ3n) is 3.36. The fraction of sp³-hybridized carbons (Fsp3) is 0.533. The van der Waals surface area contributed by atoms with Gasteiger partial charge in [0.15, 0.2) is 0 Å². The van der Waals surface area contributed by atoms with Gasteiger partial charge in [0, 0.05) is 18.7 Å². The number of methoxy groups -OCH3 is 1. The molecule has 0 spiro atoms. The van der Waals surface area contributed by atoms with Gasteiger partial charge in [0.1, 0.15) is 5.75 Å². The minimum atomic E-state index is 0.0396. The summed E-state index contributed by atoms with van der Waals surface area (Å²) >= 11 is 0. The Morgan fingerprint density at radius 2 is 2.26 bits per heavy atom. The lowest BCUT2D eigenvalue weighted by Gasteiger charge is -2.22. The lowest BCUT2D eigenvalue weighted by Crippen LogP contribution is -2.30. The standard InChI is InChI=1S/C15H21NO3/c1-18-14-8-3-2-6-12(14)11-16-15(17)10-13-7-4-5-9-19-13/h2-3,6,8,13H,4-5,7,9-11H2,1H3,(H,16,17). The molecule has 2 rings (SSSR count). The van der Waals surface area contributed by atoms with Crippen molar-refractivity contribution in [2.75, 3.05) is 13.7 Å². The molecule has 1 heterocycles. The van der Waals surface area contributed by atoms with Crippen LogP contribution in [0.15, 0.2) is 24.3 Å². The molecule has 1 aliphatic rings. The van der Waals surface area contributed by atoms with Gasteiger partial charge in [-0.05, 0) is 25.3 Å². The Morgan fingerprint density at radius 1 is 1.42 bits per heavy atom. The molecule has 19 heavy (non-hydrogen) atoms. The highest BCUT2D eigenvalue weighted by Crippen LogP contribution is 2.18. The van der Waals surface area contributed by atoms with E-state index < -0.39 is 0 Å². The van der Waals surface area contributed by atoms with Gasteiger partial charge in [0.25, 0.3) is 0 Å². The molecule has 1 saturated heterocycles. The van der Waals surface area contributed by atoms with E-state index in [9.17, 15) is 4.79 Å². The number of carbonyl (C=O) groups excluding carboxylic acids is 1. The summed E-state index contributed by atoms with van der Waals surface area (Å²) in [6.07, 6.45) is 3.80. The van der Waals surface area contributed by atoms with E-state index in [1.165, 1.54) is 0 Å². The Labute approximate surface area is 114 Å². The van der Waals surface area contributed by atoms with Crippen molar-refractivity contribution in [2.24, 2.45) is 0 Å². The molecule has 0 saturated carbocycles. The average molecular weight is 263 g/mol. The van der Waals surface area contributed by atoms with Gasteiger partial charge in [-0.1, -0.05) is 18.2 Å². The van der Waals surface area contributed by atoms with Crippen molar-refractivity contribution in [1.82, 2.24) is 5.32 Å². The van der Waals surface area contributed by atoms with Crippen LogP contribution in [-0.2, 0) is 16.1 Å². The number of carbonyl (C=O) groups is 1. The van der Waals surface area contributed by atoms with Crippen LogP contribution in [0.5, 0.6) is 5.75 Å². The second-order valence-electron chi connectivity index (χ2n) is 4.78. The first-order chi connectivity index (χ1) is 9.29. The van der Waals surface area contributed by atoms with E-state index in [1.54, 1.807) is 7.11 Å². The summed E-state index contributed by atoms with van der Waals surface area (Å²) in [5.74, 6) is 0.842. The van der Waals surface area contributed by atoms with E-state index in [-0.39, 0.29) is 12.0 Å². The molecule has 1 atom stereocenters. The first kappa shape index (κ1) is 13.9. The quantitative estimate of drug-likeness (QED) is 0.886. The van der Waals surface area contributed by atoms with Crippen LogP contribution in [-0.4, -0.2) is 25.7 Å². The van der Waals surface area contributed by atoms with Crippen LogP contribution in [0.3, 0.4) is 0 Å². The summed E-state index contributed by atoms with van der Waals surface area (Å²) in [6.45, 7) is 1.28. The maximum atomic E-state index is 11.9. The Morgan fingerprint density at radius 3 is 3.00 bits per heavy atom. The molecule has 0 aromatic heterocycles. The highest BCUT2D eigenvalue weighted by atomic mass is 16.5. The molecule has 0 bridgehead atoms. The van der Waals surface area contributed by atoms with Crippen molar-refractivity contribution >= 4 is 5.91 Å². The van der Waals surface area contributed by atoms with E-state index in [1.807, 2.05) is 24.3 Å². The summed E-state index contributed by atoms with van der Waals surface area (Å²) in [7, 11) is 1.64. The van der Waals surface area contributed by atoms with Gasteiger partial charge in [-0.3, -0.25) is 4.79 Å². The number of nitrogens with one attached hydrogen (secondary N) is 1. The SMILES string of the molecule is COc1ccccc1CNC(=O)CC1CCCCO1. The molecule has 0 radical (unpaired) electrons. The highest BCUT2D eigenvalue weighted by Gasteiger charge is 2.17. The van der Waals surface area contributed by atoms with Gasteiger partial charge in [0.05, 0.1) is 19.6 Å². The molecule has 1 amide bonds. The minimum absolute atomic E-state index is 0.0396. The number of para-hydroxylation sites is 1. The normalized spacial score (nSPS) is 18.9. The van der Waals surface area contributed by atoms with Crippen molar-refractivity contribution in [3.63, 3.8) is 0 Å². The number of amides is 1. The zero-order valence-corrected chi connectivity index (χ0v) is 11.4. The van der Waals surface area contributed by atoms with E-state index in [2.05, 4.69) is 5.32 Å². The van der Waals surface area contributed by atoms with Crippen molar-refractivity contribution < 1.29 is 14.3 Å². The van der Waals surface area contributed by atoms with Gasteiger partial charge in [-0.25, -0.2) is 0 Å². The number of rotatable bonds is 5. The Kier molecular flexibility index (Phi) is 5.21. The minimum Gasteiger partial charge on any atom is -0.496 e. The Hall–Kier alpha value is -1.55. The molecule has 0 aliphatic carbocycles. The van der Waals surface area contributed by atoms with Crippen LogP contribution < -0.4 is 10.1 Å². The molecule has 104 valence electrons. The van der Waals surface area contributed by atoms with Crippen LogP contribution in [0.4, 0.5) is 0 Å². The second kappa shape index (κ2) is 7.14. The molecule has 1 aromatic carbocycles. The molecule has 1 unspecified atom stereocenters. The summed E-state index contributed by atoms with van der Waals surface area (Å²) < 4.78 is 10.8. The molecule has 1 fully saturated rings. The van der Waals surface area contributed by atoms with Gasteiger partial charge < -0.3 is 14.8 Å². The maximum Gasteiger partial charge on any atom is 0.222 e. The van der Waals surface area contributed by atoms with Crippen molar-refractivity contribution in [1.29, 1.82) is 0 Å². The second-order valence-corrected chi connectivity index (χ2v) is 4.78.